The average Bonchev–Trinajstić information content (AvgIpc) is 2.65. The topological polar surface area (TPSA) is 77.5 Å². The van der Waals surface area contributed by atoms with Crippen molar-refractivity contribution >= 4 is 39.0 Å². The van der Waals surface area contributed by atoms with E-state index in [4.69, 9.17) is 32.1 Å². The van der Waals surface area contributed by atoms with Crippen LogP contribution in [0.3, 0.4) is 0 Å². The highest BCUT2D eigenvalue weighted by Gasteiger charge is 2.20. The Morgan fingerprint density at radius 2 is 1.68 bits per heavy atom. The number of anilines is 1. The number of pyridine rings is 1. The zero-order valence-electron chi connectivity index (χ0n) is 14.5. The van der Waals surface area contributed by atoms with Gasteiger partial charge in [0.25, 0.3) is 0 Å². The van der Waals surface area contributed by atoms with E-state index in [1.807, 2.05) is 12.1 Å². The first kappa shape index (κ1) is 20.3. The summed E-state index contributed by atoms with van der Waals surface area (Å²) in [6.07, 6.45) is 3.37. The van der Waals surface area contributed by atoms with Gasteiger partial charge in [-0.1, -0.05) is 35.3 Å². The van der Waals surface area contributed by atoms with Crippen molar-refractivity contribution in [2.75, 3.05) is 18.5 Å². The fraction of sp³-hybridized carbons (Fsp3) is 0.105. The van der Waals surface area contributed by atoms with Gasteiger partial charge in [-0.05, 0) is 30.3 Å². The minimum absolute atomic E-state index is 0.0320. The van der Waals surface area contributed by atoms with Crippen molar-refractivity contribution in [3.05, 3.63) is 77.0 Å². The van der Waals surface area contributed by atoms with Crippen LogP contribution in [0.15, 0.2) is 71.9 Å². The Bertz CT molecular complexity index is 1050. The van der Waals surface area contributed by atoms with Crippen LogP contribution in [0.25, 0.3) is 0 Å². The van der Waals surface area contributed by atoms with Crippen LogP contribution in [0.1, 0.15) is 0 Å². The van der Waals surface area contributed by atoms with E-state index in [1.165, 1.54) is 24.3 Å². The number of nitrogens with one attached hydrogen (secondary N) is 1. The second-order valence-corrected chi connectivity index (χ2v) is 7.96. The molecule has 2 aromatic carbocycles. The second-order valence-electron chi connectivity index (χ2n) is 5.60. The van der Waals surface area contributed by atoms with E-state index >= 15 is 0 Å². The Hall–Kier alpha value is -2.48. The third kappa shape index (κ3) is 5.51. The summed E-state index contributed by atoms with van der Waals surface area (Å²) >= 11 is 12.0. The van der Waals surface area contributed by atoms with E-state index in [2.05, 4.69) is 10.3 Å². The van der Waals surface area contributed by atoms with Crippen molar-refractivity contribution in [1.29, 1.82) is 0 Å². The van der Waals surface area contributed by atoms with E-state index in [0.717, 1.165) is 5.69 Å². The molecule has 0 unspecified atom stereocenters. The molecular formula is C19H16Cl2N2O4S. The highest BCUT2D eigenvalue weighted by Crippen LogP contribution is 2.30. The highest BCUT2D eigenvalue weighted by atomic mass is 35.5. The molecular weight excluding hydrogens is 423 g/mol. The van der Waals surface area contributed by atoms with Gasteiger partial charge < -0.3 is 14.2 Å². The van der Waals surface area contributed by atoms with Crippen LogP contribution in [-0.4, -0.2) is 26.6 Å². The summed E-state index contributed by atoms with van der Waals surface area (Å²) in [4.78, 5) is 3.82. The monoisotopic (exact) mass is 438 g/mol. The molecule has 0 amide bonds. The quantitative estimate of drug-likeness (QED) is 0.407. The number of nitrogens with zero attached hydrogens (tertiary/aromatic N) is 1. The summed E-state index contributed by atoms with van der Waals surface area (Å²) in [6.45, 7) is 0.865. The molecule has 0 aliphatic rings. The van der Waals surface area contributed by atoms with Gasteiger partial charge in [0.1, 0.15) is 23.0 Å². The SMILES string of the molecule is O=S(=O)(Oc1cc(Cl)cc(OCCNc2ccncc2)c1)c1ccccc1Cl. The molecule has 1 heterocycles. The van der Waals surface area contributed by atoms with Gasteiger partial charge in [0, 0.05) is 41.8 Å². The van der Waals surface area contributed by atoms with E-state index < -0.39 is 10.1 Å². The summed E-state index contributed by atoms with van der Waals surface area (Å²) in [5, 5.41) is 3.52. The zero-order valence-corrected chi connectivity index (χ0v) is 16.8. The molecule has 0 aliphatic carbocycles. The van der Waals surface area contributed by atoms with Gasteiger partial charge in [-0.15, -0.1) is 0 Å². The Kier molecular flexibility index (Phi) is 6.61. The molecule has 28 heavy (non-hydrogen) atoms. The number of benzene rings is 2. The zero-order chi connectivity index (χ0) is 20.0. The van der Waals surface area contributed by atoms with Gasteiger partial charge in [0.2, 0.25) is 0 Å². The largest absolute Gasteiger partial charge is 0.492 e. The summed E-state index contributed by atoms with van der Waals surface area (Å²) in [5.74, 6) is 0.415. The first-order valence-electron chi connectivity index (χ1n) is 8.20. The Morgan fingerprint density at radius 1 is 0.964 bits per heavy atom. The van der Waals surface area contributed by atoms with Crippen LogP contribution in [0.5, 0.6) is 11.5 Å². The molecule has 0 radical (unpaired) electrons. The molecule has 3 rings (SSSR count). The molecule has 0 spiro atoms. The molecule has 9 heteroatoms. The van der Waals surface area contributed by atoms with Crippen molar-refractivity contribution in [2.45, 2.75) is 4.90 Å². The van der Waals surface area contributed by atoms with E-state index in [9.17, 15) is 8.42 Å². The minimum Gasteiger partial charge on any atom is -0.492 e. The maximum absolute atomic E-state index is 12.5. The summed E-state index contributed by atoms with van der Waals surface area (Å²) in [6, 6.07) is 14.1. The number of halogens is 2. The van der Waals surface area contributed by atoms with Gasteiger partial charge in [0.15, 0.2) is 0 Å². The normalized spacial score (nSPS) is 11.1. The van der Waals surface area contributed by atoms with Crippen LogP contribution in [0.4, 0.5) is 5.69 Å². The van der Waals surface area contributed by atoms with E-state index in [1.54, 1.807) is 30.6 Å². The first-order valence-corrected chi connectivity index (χ1v) is 10.4. The summed E-state index contributed by atoms with van der Waals surface area (Å²) in [5.41, 5.74) is 0.916. The summed E-state index contributed by atoms with van der Waals surface area (Å²) in [7, 11) is -4.10. The predicted molar refractivity (Wildman–Crippen MR) is 109 cm³/mol. The molecule has 0 saturated heterocycles. The lowest BCUT2D eigenvalue weighted by molar-refractivity contribution is 0.331. The number of hydrogen-bond donors (Lipinski definition) is 1. The number of hydrogen-bond acceptors (Lipinski definition) is 6. The lowest BCUT2D eigenvalue weighted by atomic mass is 10.3. The van der Waals surface area contributed by atoms with Crippen LogP contribution in [0.2, 0.25) is 10.0 Å². The fourth-order valence-electron chi connectivity index (χ4n) is 2.32. The number of rotatable bonds is 8. The van der Waals surface area contributed by atoms with E-state index in [0.29, 0.717) is 18.9 Å². The van der Waals surface area contributed by atoms with Crippen molar-refractivity contribution in [2.24, 2.45) is 0 Å². The molecule has 6 nitrogen and oxygen atoms in total. The Labute approximate surface area is 173 Å². The smallest absolute Gasteiger partial charge is 0.340 e. The van der Waals surface area contributed by atoms with Gasteiger partial charge >= 0.3 is 10.1 Å². The molecule has 0 bridgehead atoms. The summed E-state index contributed by atoms with van der Waals surface area (Å²) < 4.78 is 35.7. The molecule has 0 atom stereocenters. The van der Waals surface area contributed by atoms with Crippen molar-refractivity contribution in [1.82, 2.24) is 4.98 Å². The van der Waals surface area contributed by atoms with Gasteiger partial charge in [-0.25, -0.2) is 0 Å². The third-order valence-corrected chi connectivity index (χ3v) is 5.50. The lowest BCUT2D eigenvalue weighted by Gasteiger charge is -2.12. The molecule has 1 aromatic heterocycles. The van der Waals surface area contributed by atoms with Crippen LogP contribution in [0, 0.1) is 0 Å². The van der Waals surface area contributed by atoms with E-state index in [-0.39, 0.29) is 20.7 Å². The lowest BCUT2D eigenvalue weighted by Crippen LogP contribution is -2.12. The number of ether oxygens (including phenoxy) is 1. The van der Waals surface area contributed by atoms with Crippen LogP contribution in [-0.2, 0) is 10.1 Å². The predicted octanol–water partition coefficient (Wildman–Crippen LogP) is 4.65. The molecule has 3 aromatic rings. The van der Waals surface area contributed by atoms with Gasteiger partial charge in [-0.3, -0.25) is 4.98 Å². The highest BCUT2D eigenvalue weighted by molar-refractivity contribution is 7.87. The van der Waals surface area contributed by atoms with Crippen molar-refractivity contribution in [3.63, 3.8) is 0 Å². The molecule has 1 N–H and O–H groups in total. The molecule has 146 valence electrons. The maximum Gasteiger partial charge on any atom is 0.340 e. The average molecular weight is 439 g/mol. The minimum atomic E-state index is -4.10. The third-order valence-electron chi connectivity index (χ3n) is 3.54. The van der Waals surface area contributed by atoms with Crippen LogP contribution >= 0.6 is 23.2 Å². The van der Waals surface area contributed by atoms with Gasteiger partial charge in [0.05, 0.1) is 5.02 Å². The first-order chi connectivity index (χ1) is 13.4. The maximum atomic E-state index is 12.5. The molecule has 0 fully saturated rings. The second kappa shape index (κ2) is 9.14. The molecule has 0 aliphatic heterocycles. The Balaban J connectivity index is 1.65. The molecule has 0 saturated carbocycles. The van der Waals surface area contributed by atoms with Crippen molar-refractivity contribution < 1.29 is 17.3 Å². The van der Waals surface area contributed by atoms with Crippen molar-refractivity contribution in [3.8, 4) is 11.5 Å². The van der Waals surface area contributed by atoms with Gasteiger partial charge in [-0.2, -0.15) is 8.42 Å². The Morgan fingerprint density at radius 3 is 2.43 bits per heavy atom. The number of aromatic nitrogens is 1. The standard InChI is InChI=1S/C19H16Cl2N2O4S/c20-14-11-16(26-10-9-23-15-5-7-22-8-6-15)13-17(12-14)27-28(24,25)19-4-2-1-3-18(19)21/h1-8,11-13H,9-10H2,(H,22,23). The fourth-order valence-corrected chi connectivity index (χ4v) is 3.95. The van der Waals surface area contributed by atoms with Crippen LogP contribution < -0.4 is 14.2 Å².